The smallest absolute Gasteiger partial charge is 0.407 e. The Morgan fingerprint density at radius 3 is 2.57 bits per heavy atom. The third-order valence-electron chi connectivity index (χ3n) is 5.36. The molecule has 0 radical (unpaired) electrons. The van der Waals surface area contributed by atoms with Crippen LogP contribution in [0.15, 0.2) is 0 Å². The van der Waals surface area contributed by atoms with Crippen LogP contribution in [0.3, 0.4) is 0 Å². The molecule has 5 unspecified atom stereocenters. The van der Waals surface area contributed by atoms with Crippen LogP contribution >= 0.6 is 0 Å². The molecule has 5 heteroatoms. The molecule has 0 spiro atoms. The summed E-state index contributed by atoms with van der Waals surface area (Å²) in [5, 5.41) is 10.5. The molecule has 0 aromatic carbocycles. The monoisotopic (exact) mass is 323 g/mol. The molecule has 0 aromatic heterocycles. The summed E-state index contributed by atoms with van der Waals surface area (Å²) in [5.41, 5.74) is -0.425. The predicted octanol–water partition coefficient (Wildman–Crippen LogP) is 2.55. The van der Waals surface area contributed by atoms with Gasteiger partial charge >= 0.3 is 6.09 Å². The molecular formula is C18H33N3O2. The second kappa shape index (κ2) is 6.98. The van der Waals surface area contributed by atoms with Crippen LogP contribution in [-0.2, 0) is 4.74 Å². The molecular weight excluding hydrogens is 290 g/mol. The van der Waals surface area contributed by atoms with E-state index in [1.807, 2.05) is 20.8 Å². The van der Waals surface area contributed by atoms with Crippen molar-refractivity contribution in [2.75, 3.05) is 6.54 Å². The fourth-order valence-corrected chi connectivity index (χ4v) is 4.19. The number of piperidine rings is 1. The standard InChI is InChI=1S/C18H33N3O2/c1-18(2,3)23-17(22)21-16-11-15(16)20-14-9-6-7-12(14)13-8-4-5-10-19-13/h12-16,19-20H,4-11H2,1-3H3,(H,21,22). The van der Waals surface area contributed by atoms with E-state index >= 15 is 0 Å². The molecule has 0 aromatic rings. The fourth-order valence-electron chi connectivity index (χ4n) is 4.19. The number of carbonyl (C=O) groups excluding carboxylic acids is 1. The molecule has 0 bridgehead atoms. The molecule has 1 aliphatic heterocycles. The van der Waals surface area contributed by atoms with Crippen LogP contribution in [-0.4, -0.2) is 42.4 Å². The van der Waals surface area contributed by atoms with Crippen LogP contribution in [0.2, 0.25) is 0 Å². The van der Waals surface area contributed by atoms with Crippen molar-refractivity contribution < 1.29 is 9.53 Å². The van der Waals surface area contributed by atoms with Crippen LogP contribution in [0.5, 0.6) is 0 Å². The Bertz CT molecular complexity index is 415. The number of amides is 1. The normalized spacial score (nSPS) is 37.4. The van der Waals surface area contributed by atoms with Crippen LogP contribution in [0.4, 0.5) is 4.79 Å². The van der Waals surface area contributed by atoms with Crippen molar-refractivity contribution in [1.29, 1.82) is 0 Å². The molecule has 2 aliphatic carbocycles. The highest BCUT2D eigenvalue weighted by Crippen LogP contribution is 2.34. The number of carbonyl (C=O) groups is 1. The zero-order chi connectivity index (χ0) is 16.4. The van der Waals surface area contributed by atoms with Gasteiger partial charge in [-0.15, -0.1) is 0 Å². The van der Waals surface area contributed by atoms with Gasteiger partial charge in [-0.25, -0.2) is 4.79 Å². The lowest BCUT2D eigenvalue weighted by Gasteiger charge is -2.33. The molecule has 3 rings (SSSR count). The summed E-state index contributed by atoms with van der Waals surface area (Å²) in [6.45, 7) is 6.88. The predicted molar refractivity (Wildman–Crippen MR) is 91.5 cm³/mol. The largest absolute Gasteiger partial charge is 0.444 e. The van der Waals surface area contributed by atoms with Gasteiger partial charge < -0.3 is 20.7 Å². The Morgan fingerprint density at radius 1 is 1.04 bits per heavy atom. The van der Waals surface area contributed by atoms with E-state index in [9.17, 15) is 4.79 Å². The van der Waals surface area contributed by atoms with Crippen LogP contribution < -0.4 is 16.0 Å². The second-order valence-electron chi connectivity index (χ2n) is 8.52. The van der Waals surface area contributed by atoms with Gasteiger partial charge in [0, 0.05) is 24.2 Å². The van der Waals surface area contributed by atoms with Crippen LogP contribution in [0, 0.1) is 5.92 Å². The lowest BCUT2D eigenvalue weighted by Crippen LogP contribution is -2.48. The van der Waals surface area contributed by atoms with E-state index < -0.39 is 5.60 Å². The van der Waals surface area contributed by atoms with Crippen molar-refractivity contribution >= 4 is 6.09 Å². The summed E-state index contributed by atoms with van der Waals surface area (Å²) in [6, 6.07) is 1.97. The average molecular weight is 323 g/mol. The SMILES string of the molecule is CC(C)(C)OC(=O)NC1CC1NC1CCCC1C1CCCCN1. The maximum Gasteiger partial charge on any atom is 0.407 e. The summed E-state index contributed by atoms with van der Waals surface area (Å²) in [6.07, 6.45) is 8.71. The summed E-state index contributed by atoms with van der Waals surface area (Å²) in [7, 11) is 0. The van der Waals surface area contributed by atoms with E-state index in [0.29, 0.717) is 18.1 Å². The van der Waals surface area contributed by atoms with Gasteiger partial charge in [-0.3, -0.25) is 0 Å². The first-order valence-electron chi connectivity index (χ1n) is 9.41. The molecule has 5 nitrogen and oxygen atoms in total. The van der Waals surface area contributed by atoms with Crippen molar-refractivity contribution in [2.45, 2.75) is 95.5 Å². The molecule has 3 fully saturated rings. The van der Waals surface area contributed by atoms with Gasteiger partial charge in [-0.2, -0.15) is 0 Å². The molecule has 1 saturated heterocycles. The number of hydrogen-bond acceptors (Lipinski definition) is 4. The minimum Gasteiger partial charge on any atom is -0.444 e. The van der Waals surface area contributed by atoms with E-state index in [0.717, 1.165) is 12.3 Å². The highest BCUT2D eigenvalue weighted by Gasteiger charge is 2.43. The number of rotatable bonds is 4. The van der Waals surface area contributed by atoms with Gasteiger partial charge in [0.25, 0.3) is 0 Å². The van der Waals surface area contributed by atoms with Gasteiger partial charge in [-0.05, 0) is 65.3 Å². The highest BCUT2D eigenvalue weighted by molar-refractivity contribution is 5.68. The van der Waals surface area contributed by atoms with Crippen molar-refractivity contribution in [1.82, 2.24) is 16.0 Å². The van der Waals surface area contributed by atoms with E-state index in [-0.39, 0.29) is 12.1 Å². The Balaban J connectivity index is 1.42. The molecule has 3 aliphatic rings. The highest BCUT2D eigenvalue weighted by atomic mass is 16.6. The zero-order valence-electron chi connectivity index (χ0n) is 14.9. The quantitative estimate of drug-likeness (QED) is 0.744. The molecule has 23 heavy (non-hydrogen) atoms. The first kappa shape index (κ1) is 17.0. The maximum absolute atomic E-state index is 11.8. The number of nitrogens with one attached hydrogen (secondary N) is 3. The van der Waals surface area contributed by atoms with Gasteiger partial charge in [-0.1, -0.05) is 12.8 Å². The Kier molecular flexibility index (Phi) is 5.16. The Hall–Kier alpha value is -0.810. The molecule has 5 atom stereocenters. The number of ether oxygens (including phenoxy) is 1. The van der Waals surface area contributed by atoms with Crippen molar-refractivity contribution in [3.8, 4) is 0 Å². The maximum atomic E-state index is 11.8. The first-order chi connectivity index (χ1) is 10.9. The van der Waals surface area contributed by atoms with Crippen molar-refractivity contribution in [2.24, 2.45) is 5.92 Å². The molecule has 132 valence electrons. The fraction of sp³-hybridized carbons (Fsp3) is 0.944. The van der Waals surface area contributed by atoms with Crippen molar-refractivity contribution in [3.05, 3.63) is 0 Å². The van der Waals surface area contributed by atoms with Crippen molar-refractivity contribution in [3.63, 3.8) is 0 Å². The minimum absolute atomic E-state index is 0.241. The summed E-state index contributed by atoms with van der Waals surface area (Å²) in [5.74, 6) is 0.762. The number of hydrogen-bond donors (Lipinski definition) is 3. The molecule has 3 N–H and O–H groups in total. The Labute approximate surface area is 140 Å². The topological polar surface area (TPSA) is 62.4 Å². The molecule has 2 saturated carbocycles. The third kappa shape index (κ3) is 4.83. The van der Waals surface area contributed by atoms with E-state index in [1.165, 1.54) is 45.1 Å². The summed E-state index contributed by atoms with van der Waals surface area (Å²) < 4.78 is 5.34. The summed E-state index contributed by atoms with van der Waals surface area (Å²) >= 11 is 0. The van der Waals surface area contributed by atoms with Gasteiger partial charge in [0.2, 0.25) is 0 Å². The lowest BCUT2D eigenvalue weighted by molar-refractivity contribution is 0.0521. The van der Waals surface area contributed by atoms with E-state index in [2.05, 4.69) is 16.0 Å². The average Bonchev–Trinajstić information content (AvgIpc) is 3.01. The Morgan fingerprint density at radius 2 is 1.87 bits per heavy atom. The van der Waals surface area contributed by atoms with Gasteiger partial charge in [0.15, 0.2) is 0 Å². The summed E-state index contributed by atoms with van der Waals surface area (Å²) in [4.78, 5) is 11.8. The van der Waals surface area contributed by atoms with Crippen LogP contribution in [0.25, 0.3) is 0 Å². The van der Waals surface area contributed by atoms with E-state index in [4.69, 9.17) is 4.74 Å². The first-order valence-corrected chi connectivity index (χ1v) is 9.41. The van der Waals surface area contributed by atoms with E-state index in [1.54, 1.807) is 0 Å². The minimum atomic E-state index is -0.425. The van der Waals surface area contributed by atoms with Gasteiger partial charge in [0.1, 0.15) is 5.60 Å². The number of alkyl carbamates (subject to hydrolysis) is 1. The van der Waals surface area contributed by atoms with Crippen LogP contribution in [0.1, 0.15) is 65.7 Å². The lowest BCUT2D eigenvalue weighted by atomic mass is 9.88. The molecule has 1 heterocycles. The molecule has 1 amide bonds. The second-order valence-corrected chi connectivity index (χ2v) is 8.52. The third-order valence-corrected chi connectivity index (χ3v) is 5.36. The van der Waals surface area contributed by atoms with Gasteiger partial charge in [0.05, 0.1) is 0 Å². The zero-order valence-corrected chi connectivity index (χ0v) is 14.9.